The number of carboxylic acids is 1. The van der Waals surface area contributed by atoms with Crippen LogP contribution in [0.4, 0.5) is 5.69 Å². The minimum absolute atomic E-state index is 0.0587. The Kier molecular flexibility index (Phi) is 6.29. The lowest BCUT2D eigenvalue weighted by Gasteiger charge is -2.14. The third-order valence-electron chi connectivity index (χ3n) is 4.61. The first-order valence-electron chi connectivity index (χ1n) is 9.18. The van der Waals surface area contributed by atoms with Gasteiger partial charge in [0.1, 0.15) is 4.90 Å². The summed E-state index contributed by atoms with van der Waals surface area (Å²) in [6.45, 7) is 0.151. The molecule has 8 nitrogen and oxygen atoms in total. The van der Waals surface area contributed by atoms with E-state index in [2.05, 4.69) is 10.0 Å². The molecule has 156 valence electrons. The number of nitrogens with one attached hydrogen (secondary N) is 2. The Bertz CT molecular complexity index is 1000. The molecule has 0 aliphatic heterocycles. The van der Waals surface area contributed by atoms with E-state index in [1.165, 1.54) is 25.3 Å². The molecule has 3 rings (SSSR count). The molecule has 9 heteroatoms. The molecule has 0 atom stereocenters. The molecule has 1 saturated carbocycles. The molecular formula is C20H24N2O6S. The molecule has 0 bridgehead atoms. The minimum Gasteiger partial charge on any atom is -0.493 e. The van der Waals surface area contributed by atoms with Crippen LogP contribution in [0.15, 0.2) is 41.3 Å². The molecule has 1 fully saturated rings. The molecule has 3 N–H and O–H groups in total. The fourth-order valence-electron chi connectivity index (χ4n) is 2.89. The maximum absolute atomic E-state index is 12.9. The van der Waals surface area contributed by atoms with E-state index in [9.17, 15) is 18.3 Å². The number of rotatable bonds is 10. The number of carbonyl (C=O) groups is 1. The van der Waals surface area contributed by atoms with Crippen molar-refractivity contribution in [3.8, 4) is 11.5 Å². The molecule has 0 amide bonds. The summed E-state index contributed by atoms with van der Waals surface area (Å²) in [4.78, 5) is 11.2. The van der Waals surface area contributed by atoms with E-state index >= 15 is 0 Å². The van der Waals surface area contributed by atoms with Crippen molar-refractivity contribution in [1.29, 1.82) is 0 Å². The molecule has 2 aromatic carbocycles. The smallest absolute Gasteiger partial charge is 0.335 e. The van der Waals surface area contributed by atoms with Crippen LogP contribution in [-0.2, 0) is 16.4 Å². The summed E-state index contributed by atoms with van der Waals surface area (Å²) >= 11 is 0. The second-order valence-electron chi connectivity index (χ2n) is 6.77. The highest BCUT2D eigenvalue weighted by Gasteiger charge is 2.26. The van der Waals surface area contributed by atoms with Crippen LogP contribution in [0.5, 0.6) is 11.5 Å². The van der Waals surface area contributed by atoms with Crippen molar-refractivity contribution < 1.29 is 27.8 Å². The highest BCUT2D eigenvalue weighted by Crippen LogP contribution is 2.30. The van der Waals surface area contributed by atoms with Gasteiger partial charge in [-0.15, -0.1) is 0 Å². The molecule has 0 heterocycles. The maximum Gasteiger partial charge on any atom is 0.335 e. The molecule has 0 unspecified atom stereocenters. The summed E-state index contributed by atoms with van der Waals surface area (Å²) in [5, 5.41) is 12.4. The zero-order valence-electron chi connectivity index (χ0n) is 16.3. The van der Waals surface area contributed by atoms with Crippen LogP contribution < -0.4 is 19.5 Å². The lowest BCUT2D eigenvalue weighted by atomic mass is 10.1. The number of sulfonamides is 1. The molecule has 0 aromatic heterocycles. The van der Waals surface area contributed by atoms with Gasteiger partial charge < -0.3 is 19.9 Å². The van der Waals surface area contributed by atoms with Gasteiger partial charge in [-0.05, 0) is 55.2 Å². The summed E-state index contributed by atoms with van der Waals surface area (Å²) < 4.78 is 38.7. The summed E-state index contributed by atoms with van der Waals surface area (Å²) in [5.41, 5.74) is 1.21. The molecule has 0 spiro atoms. The quantitative estimate of drug-likeness (QED) is 0.541. The minimum atomic E-state index is -3.90. The lowest BCUT2D eigenvalue weighted by molar-refractivity contribution is 0.0696. The van der Waals surface area contributed by atoms with E-state index in [-0.39, 0.29) is 23.0 Å². The Morgan fingerprint density at radius 2 is 1.83 bits per heavy atom. The van der Waals surface area contributed by atoms with Gasteiger partial charge in [0, 0.05) is 12.6 Å². The van der Waals surface area contributed by atoms with Crippen molar-refractivity contribution in [3.05, 3.63) is 47.5 Å². The van der Waals surface area contributed by atoms with E-state index in [4.69, 9.17) is 9.47 Å². The summed E-state index contributed by atoms with van der Waals surface area (Å²) in [5.74, 6) is -0.0132. The third-order valence-corrected chi connectivity index (χ3v) is 6.11. The third kappa shape index (κ3) is 5.18. The molecule has 29 heavy (non-hydrogen) atoms. The topological polar surface area (TPSA) is 114 Å². The Morgan fingerprint density at radius 3 is 2.45 bits per heavy atom. The number of benzene rings is 2. The van der Waals surface area contributed by atoms with Crippen molar-refractivity contribution in [3.63, 3.8) is 0 Å². The van der Waals surface area contributed by atoms with Gasteiger partial charge in [0.15, 0.2) is 11.5 Å². The largest absolute Gasteiger partial charge is 0.493 e. The van der Waals surface area contributed by atoms with Crippen LogP contribution in [0.3, 0.4) is 0 Å². The number of carboxylic acid groups (broad SMARTS) is 1. The molecular weight excluding hydrogens is 396 g/mol. The van der Waals surface area contributed by atoms with Crippen molar-refractivity contribution in [2.24, 2.45) is 0 Å². The zero-order valence-corrected chi connectivity index (χ0v) is 17.1. The van der Waals surface area contributed by atoms with Crippen molar-refractivity contribution >= 4 is 21.7 Å². The Morgan fingerprint density at radius 1 is 1.10 bits per heavy atom. The second kappa shape index (κ2) is 8.71. The number of methoxy groups -OCH3 is 2. The monoisotopic (exact) mass is 420 g/mol. The number of ether oxygens (including phenoxy) is 2. The van der Waals surface area contributed by atoms with Crippen LogP contribution in [0.25, 0.3) is 0 Å². The van der Waals surface area contributed by atoms with E-state index < -0.39 is 16.0 Å². The number of aromatic carboxylic acids is 1. The van der Waals surface area contributed by atoms with E-state index in [0.717, 1.165) is 18.4 Å². The van der Waals surface area contributed by atoms with Gasteiger partial charge in [0.25, 0.3) is 0 Å². The van der Waals surface area contributed by atoms with Crippen LogP contribution >= 0.6 is 0 Å². The molecule has 2 aromatic rings. The van der Waals surface area contributed by atoms with E-state index in [1.807, 2.05) is 6.07 Å². The SMILES string of the molecule is COc1ccc(CCNS(=O)(=O)c2cc(C(=O)O)ccc2NC2CC2)cc1OC. The molecule has 1 aliphatic carbocycles. The first kappa shape index (κ1) is 20.9. The fraction of sp³-hybridized carbons (Fsp3) is 0.350. The van der Waals surface area contributed by atoms with Crippen molar-refractivity contribution in [2.75, 3.05) is 26.1 Å². The summed E-state index contributed by atoms with van der Waals surface area (Å²) in [6, 6.07) is 9.70. The van der Waals surface area contributed by atoms with Crippen LogP contribution in [-0.4, -0.2) is 46.3 Å². The lowest BCUT2D eigenvalue weighted by Crippen LogP contribution is -2.27. The Balaban J connectivity index is 1.75. The van der Waals surface area contributed by atoms with Gasteiger partial charge in [0.2, 0.25) is 10.0 Å². The first-order valence-corrected chi connectivity index (χ1v) is 10.7. The van der Waals surface area contributed by atoms with Gasteiger partial charge in [-0.3, -0.25) is 0 Å². The summed E-state index contributed by atoms with van der Waals surface area (Å²) in [6.07, 6.45) is 2.36. The first-order chi connectivity index (χ1) is 13.8. The summed E-state index contributed by atoms with van der Waals surface area (Å²) in [7, 11) is -0.814. The van der Waals surface area contributed by atoms with Gasteiger partial charge in [0.05, 0.1) is 25.5 Å². The highest BCUT2D eigenvalue weighted by atomic mass is 32.2. The predicted octanol–water partition coefficient (Wildman–Crippen LogP) is 2.50. The van der Waals surface area contributed by atoms with Gasteiger partial charge in [-0.2, -0.15) is 0 Å². The molecule has 0 saturated heterocycles. The normalized spacial score (nSPS) is 13.7. The second-order valence-corrected chi connectivity index (χ2v) is 8.51. The van der Waals surface area contributed by atoms with Crippen molar-refractivity contribution in [2.45, 2.75) is 30.2 Å². The Hall–Kier alpha value is -2.78. The average molecular weight is 420 g/mol. The highest BCUT2D eigenvalue weighted by molar-refractivity contribution is 7.89. The van der Waals surface area contributed by atoms with Crippen LogP contribution in [0, 0.1) is 0 Å². The Labute approximate surface area is 169 Å². The van der Waals surface area contributed by atoms with Crippen LogP contribution in [0.2, 0.25) is 0 Å². The van der Waals surface area contributed by atoms with E-state index in [0.29, 0.717) is 23.6 Å². The fourth-order valence-corrected chi connectivity index (χ4v) is 4.11. The average Bonchev–Trinajstić information content (AvgIpc) is 3.51. The molecule has 0 radical (unpaired) electrons. The molecule has 1 aliphatic rings. The number of anilines is 1. The maximum atomic E-state index is 12.9. The predicted molar refractivity (Wildman–Crippen MR) is 108 cm³/mol. The van der Waals surface area contributed by atoms with Crippen molar-refractivity contribution in [1.82, 2.24) is 4.72 Å². The van der Waals surface area contributed by atoms with Gasteiger partial charge in [-0.1, -0.05) is 6.07 Å². The number of hydrogen-bond donors (Lipinski definition) is 3. The zero-order chi connectivity index (χ0) is 21.0. The number of hydrogen-bond acceptors (Lipinski definition) is 6. The van der Waals surface area contributed by atoms with Gasteiger partial charge in [-0.25, -0.2) is 17.9 Å². The van der Waals surface area contributed by atoms with Gasteiger partial charge >= 0.3 is 5.97 Å². The van der Waals surface area contributed by atoms with Crippen LogP contribution in [0.1, 0.15) is 28.8 Å². The standard InChI is InChI=1S/C20H24N2O6S/c1-27-17-8-3-13(11-18(17)28-2)9-10-21-29(25,26)19-12-14(20(23)24)4-7-16(19)22-15-5-6-15/h3-4,7-8,11-12,15,21-22H,5-6,9-10H2,1-2H3,(H,23,24). The van der Waals surface area contributed by atoms with E-state index in [1.54, 1.807) is 19.2 Å².